The van der Waals surface area contributed by atoms with E-state index in [4.69, 9.17) is 4.99 Å². The summed E-state index contributed by atoms with van der Waals surface area (Å²) in [6.45, 7) is 11.2. The number of aromatic nitrogens is 1. The van der Waals surface area contributed by atoms with Gasteiger partial charge in [-0.15, -0.1) is 11.3 Å². The van der Waals surface area contributed by atoms with E-state index in [1.165, 1.54) is 36.4 Å². The highest BCUT2D eigenvalue weighted by atomic mass is 32.1. The molecule has 28 heavy (non-hydrogen) atoms. The molecule has 6 heteroatoms. The summed E-state index contributed by atoms with van der Waals surface area (Å²) in [6.07, 6.45) is 4.41. The molecule has 0 spiro atoms. The van der Waals surface area contributed by atoms with Crippen LogP contribution in [-0.2, 0) is 6.54 Å². The number of nitrogens with one attached hydrogen (secondary N) is 2. The van der Waals surface area contributed by atoms with Gasteiger partial charge in [0.15, 0.2) is 5.96 Å². The van der Waals surface area contributed by atoms with Gasteiger partial charge >= 0.3 is 0 Å². The van der Waals surface area contributed by atoms with Crippen LogP contribution < -0.4 is 10.6 Å². The van der Waals surface area contributed by atoms with E-state index >= 15 is 0 Å². The number of pyridine rings is 1. The Balaban J connectivity index is 1.66. The van der Waals surface area contributed by atoms with E-state index in [0.29, 0.717) is 12.6 Å². The maximum atomic E-state index is 4.77. The van der Waals surface area contributed by atoms with Gasteiger partial charge in [0.05, 0.1) is 18.3 Å². The molecule has 0 radical (unpaired) electrons. The molecule has 3 rings (SSSR count). The Kier molecular flexibility index (Phi) is 7.86. The van der Waals surface area contributed by atoms with Gasteiger partial charge in [0.1, 0.15) is 0 Å². The van der Waals surface area contributed by atoms with Crippen molar-refractivity contribution in [1.29, 1.82) is 0 Å². The normalized spacial score (nSPS) is 17.5. The Hall–Kier alpha value is -1.92. The Morgan fingerprint density at radius 3 is 2.79 bits per heavy atom. The van der Waals surface area contributed by atoms with Gasteiger partial charge in [-0.25, -0.2) is 4.99 Å². The number of piperidine rings is 1. The maximum absolute atomic E-state index is 4.77. The second kappa shape index (κ2) is 10.6. The topological polar surface area (TPSA) is 52.6 Å². The minimum atomic E-state index is 0.396. The third kappa shape index (κ3) is 5.79. The van der Waals surface area contributed by atoms with Crippen LogP contribution >= 0.6 is 11.3 Å². The fourth-order valence-corrected chi connectivity index (χ4v) is 4.46. The summed E-state index contributed by atoms with van der Waals surface area (Å²) in [4.78, 5) is 13.3. The van der Waals surface area contributed by atoms with E-state index in [1.807, 2.05) is 23.6 Å². The molecule has 2 aromatic rings. The summed E-state index contributed by atoms with van der Waals surface area (Å²) < 4.78 is 0. The van der Waals surface area contributed by atoms with Crippen molar-refractivity contribution in [3.8, 4) is 0 Å². The lowest BCUT2D eigenvalue weighted by atomic mass is 9.97. The molecule has 0 amide bonds. The number of nitrogens with zero attached hydrogens (tertiary/aromatic N) is 3. The summed E-state index contributed by atoms with van der Waals surface area (Å²) in [5.74, 6) is 1.70. The van der Waals surface area contributed by atoms with Crippen molar-refractivity contribution in [2.45, 2.75) is 46.2 Å². The summed E-state index contributed by atoms with van der Waals surface area (Å²) in [5, 5.41) is 9.14. The molecular formula is C22H33N5S. The van der Waals surface area contributed by atoms with Crippen molar-refractivity contribution in [2.24, 2.45) is 10.9 Å². The van der Waals surface area contributed by atoms with Gasteiger partial charge in [0.2, 0.25) is 0 Å². The second-order valence-corrected chi connectivity index (χ2v) is 8.57. The molecular weight excluding hydrogens is 366 g/mol. The molecule has 3 heterocycles. The van der Waals surface area contributed by atoms with Crippen LogP contribution in [-0.4, -0.2) is 42.0 Å². The summed E-state index contributed by atoms with van der Waals surface area (Å²) >= 11 is 1.85. The highest BCUT2D eigenvalue weighted by molar-refractivity contribution is 7.10. The summed E-state index contributed by atoms with van der Waals surface area (Å²) in [6, 6.07) is 8.87. The van der Waals surface area contributed by atoms with Gasteiger partial charge in [0, 0.05) is 24.2 Å². The van der Waals surface area contributed by atoms with Gasteiger partial charge in [-0.2, -0.15) is 0 Å². The van der Waals surface area contributed by atoms with Crippen LogP contribution in [0.2, 0.25) is 0 Å². The van der Waals surface area contributed by atoms with Crippen LogP contribution in [0.15, 0.2) is 40.8 Å². The Morgan fingerprint density at radius 2 is 2.11 bits per heavy atom. The molecule has 0 aromatic carbocycles. The molecule has 1 fully saturated rings. The molecule has 1 atom stereocenters. The molecule has 2 N–H and O–H groups in total. The minimum absolute atomic E-state index is 0.396. The van der Waals surface area contributed by atoms with Crippen LogP contribution in [0, 0.1) is 12.8 Å². The molecule has 2 aromatic heterocycles. The first kappa shape index (κ1) is 20.8. The second-order valence-electron chi connectivity index (χ2n) is 7.59. The van der Waals surface area contributed by atoms with Gasteiger partial charge in [-0.1, -0.05) is 19.1 Å². The molecule has 1 aliphatic heterocycles. The zero-order chi connectivity index (χ0) is 19.8. The van der Waals surface area contributed by atoms with E-state index in [-0.39, 0.29) is 0 Å². The number of hydrogen-bond donors (Lipinski definition) is 2. The van der Waals surface area contributed by atoms with E-state index < -0.39 is 0 Å². The SMILES string of the molecule is CCNC(=NCc1ncccc1C)NCC(c1cccs1)N1CCC(C)CC1. The fraction of sp³-hybridized carbons (Fsp3) is 0.545. The molecule has 1 saturated heterocycles. The van der Waals surface area contributed by atoms with E-state index in [1.54, 1.807) is 0 Å². The summed E-state index contributed by atoms with van der Waals surface area (Å²) in [5.41, 5.74) is 2.21. The van der Waals surface area contributed by atoms with Crippen molar-refractivity contribution in [2.75, 3.05) is 26.2 Å². The predicted octanol–water partition coefficient (Wildman–Crippen LogP) is 3.98. The van der Waals surface area contributed by atoms with Gasteiger partial charge in [-0.05, 0) is 68.8 Å². The molecule has 1 unspecified atom stereocenters. The van der Waals surface area contributed by atoms with Crippen LogP contribution in [0.4, 0.5) is 0 Å². The molecule has 0 aliphatic carbocycles. The number of hydrogen-bond acceptors (Lipinski definition) is 4. The molecule has 152 valence electrons. The lowest BCUT2D eigenvalue weighted by molar-refractivity contribution is 0.140. The van der Waals surface area contributed by atoms with Crippen molar-refractivity contribution >= 4 is 17.3 Å². The zero-order valence-electron chi connectivity index (χ0n) is 17.3. The zero-order valence-corrected chi connectivity index (χ0v) is 18.1. The van der Waals surface area contributed by atoms with Crippen molar-refractivity contribution in [3.63, 3.8) is 0 Å². The van der Waals surface area contributed by atoms with E-state index in [0.717, 1.165) is 30.7 Å². The summed E-state index contributed by atoms with van der Waals surface area (Å²) in [7, 11) is 0. The fourth-order valence-electron chi connectivity index (χ4n) is 3.60. The number of thiophene rings is 1. The Labute approximate surface area is 173 Å². The standard InChI is InChI=1S/C22H33N5S/c1-4-23-22(25-15-19-18(3)7-5-11-24-19)26-16-20(21-8-6-14-28-21)27-12-9-17(2)10-13-27/h5-8,11,14,17,20H,4,9-10,12-13,15-16H2,1-3H3,(H2,23,25,26). The van der Waals surface area contributed by atoms with Gasteiger partial charge in [-0.3, -0.25) is 9.88 Å². The van der Waals surface area contributed by atoms with E-state index in [9.17, 15) is 0 Å². The highest BCUT2D eigenvalue weighted by Crippen LogP contribution is 2.29. The lowest BCUT2D eigenvalue weighted by Gasteiger charge is -2.36. The Bertz CT molecular complexity index is 735. The maximum Gasteiger partial charge on any atom is 0.191 e. The largest absolute Gasteiger partial charge is 0.357 e. The Morgan fingerprint density at radius 1 is 1.29 bits per heavy atom. The average Bonchev–Trinajstić information content (AvgIpc) is 3.23. The first-order chi connectivity index (χ1) is 13.7. The van der Waals surface area contributed by atoms with Gasteiger partial charge in [0.25, 0.3) is 0 Å². The minimum Gasteiger partial charge on any atom is -0.357 e. The highest BCUT2D eigenvalue weighted by Gasteiger charge is 2.25. The number of likely N-dealkylation sites (tertiary alicyclic amines) is 1. The number of aliphatic imine (C=N–C) groups is 1. The molecule has 0 bridgehead atoms. The smallest absolute Gasteiger partial charge is 0.191 e. The third-order valence-corrected chi connectivity index (χ3v) is 6.42. The molecule has 0 saturated carbocycles. The van der Waals surface area contributed by atoms with Crippen molar-refractivity contribution in [1.82, 2.24) is 20.5 Å². The number of rotatable bonds is 7. The molecule has 5 nitrogen and oxygen atoms in total. The third-order valence-electron chi connectivity index (χ3n) is 5.44. The number of aryl methyl sites for hydroxylation is 1. The monoisotopic (exact) mass is 399 g/mol. The van der Waals surface area contributed by atoms with Gasteiger partial charge < -0.3 is 10.6 Å². The lowest BCUT2D eigenvalue weighted by Crippen LogP contribution is -2.45. The first-order valence-electron chi connectivity index (χ1n) is 10.4. The predicted molar refractivity (Wildman–Crippen MR) is 119 cm³/mol. The van der Waals surface area contributed by atoms with Crippen LogP contribution in [0.25, 0.3) is 0 Å². The molecule has 1 aliphatic rings. The number of guanidine groups is 1. The van der Waals surface area contributed by atoms with Crippen molar-refractivity contribution < 1.29 is 0 Å². The van der Waals surface area contributed by atoms with Crippen LogP contribution in [0.1, 0.15) is 48.9 Å². The van der Waals surface area contributed by atoms with E-state index in [2.05, 4.69) is 64.9 Å². The average molecular weight is 400 g/mol. The van der Waals surface area contributed by atoms with Crippen LogP contribution in [0.5, 0.6) is 0 Å². The quantitative estimate of drug-likeness (QED) is 0.546. The van der Waals surface area contributed by atoms with Crippen molar-refractivity contribution in [3.05, 3.63) is 52.0 Å². The van der Waals surface area contributed by atoms with Crippen LogP contribution in [0.3, 0.4) is 0 Å². The first-order valence-corrected chi connectivity index (χ1v) is 11.3.